The number of hydrogen-bond donors (Lipinski definition) is 4. The molecule has 0 bridgehead atoms. The fraction of sp³-hybridized carbons (Fsp3) is 0.818. The van der Waals surface area contributed by atoms with E-state index in [2.05, 4.69) is 31.4 Å². The van der Waals surface area contributed by atoms with Crippen LogP contribution in [0.15, 0.2) is 0 Å². The van der Waals surface area contributed by atoms with E-state index < -0.39 is 26.6 Å². The van der Waals surface area contributed by atoms with Crippen molar-refractivity contribution in [2.75, 3.05) is 13.1 Å². The molecular formula is C11H24N2O5Si. The largest absolute Gasteiger partial charge is 0.465 e. The van der Waals surface area contributed by atoms with Crippen LogP contribution in [0, 0.1) is 0 Å². The van der Waals surface area contributed by atoms with Gasteiger partial charge in [0.25, 0.3) is 0 Å². The average Bonchev–Trinajstić information content (AvgIpc) is 2.19. The number of amides is 2. The molecule has 0 aliphatic heterocycles. The summed E-state index contributed by atoms with van der Waals surface area (Å²) in [5.41, 5.74) is 0. The summed E-state index contributed by atoms with van der Waals surface area (Å²) < 4.78 is 5.99. The molecule has 0 aromatic carbocycles. The maximum Gasteiger partial charge on any atom is 0.404 e. The average molecular weight is 292 g/mol. The first-order chi connectivity index (χ1) is 8.45. The zero-order valence-corrected chi connectivity index (χ0v) is 13.1. The molecule has 0 saturated carbocycles. The smallest absolute Gasteiger partial charge is 0.404 e. The van der Waals surface area contributed by atoms with Crippen molar-refractivity contribution in [1.29, 1.82) is 0 Å². The first kappa shape index (κ1) is 17.7. The summed E-state index contributed by atoms with van der Waals surface area (Å²) in [4.78, 5) is 21.0. The predicted molar refractivity (Wildman–Crippen MR) is 74.1 cm³/mol. The van der Waals surface area contributed by atoms with E-state index in [1.807, 2.05) is 13.1 Å². The SMILES string of the molecule is CC(C)(C)[Si](C)(C)OC(CNC(=O)O)CNC(=O)O. The van der Waals surface area contributed by atoms with Gasteiger partial charge in [-0.15, -0.1) is 0 Å². The van der Waals surface area contributed by atoms with E-state index in [1.54, 1.807) is 0 Å². The molecule has 0 atom stereocenters. The first-order valence-corrected chi connectivity index (χ1v) is 8.98. The number of hydrogen-bond acceptors (Lipinski definition) is 3. The normalized spacial score (nSPS) is 12.3. The van der Waals surface area contributed by atoms with Crippen LogP contribution in [0.3, 0.4) is 0 Å². The van der Waals surface area contributed by atoms with Crippen LogP contribution < -0.4 is 10.6 Å². The lowest BCUT2D eigenvalue weighted by molar-refractivity contribution is 0.153. The van der Waals surface area contributed by atoms with Crippen LogP contribution in [0.5, 0.6) is 0 Å². The van der Waals surface area contributed by atoms with Gasteiger partial charge in [0.1, 0.15) is 0 Å². The summed E-state index contributed by atoms with van der Waals surface area (Å²) in [5, 5.41) is 21.6. The predicted octanol–water partition coefficient (Wildman–Crippen LogP) is 1.91. The fourth-order valence-corrected chi connectivity index (χ4v) is 2.50. The minimum Gasteiger partial charge on any atom is -0.465 e. The van der Waals surface area contributed by atoms with E-state index in [0.717, 1.165) is 0 Å². The molecule has 112 valence electrons. The molecule has 19 heavy (non-hydrogen) atoms. The molecule has 2 amide bonds. The Morgan fingerprint density at radius 1 is 1.11 bits per heavy atom. The molecule has 0 saturated heterocycles. The first-order valence-electron chi connectivity index (χ1n) is 6.07. The Morgan fingerprint density at radius 3 is 1.74 bits per heavy atom. The third-order valence-electron chi connectivity index (χ3n) is 3.23. The summed E-state index contributed by atoms with van der Waals surface area (Å²) in [6.45, 7) is 10.4. The Labute approximate surface area is 114 Å². The summed E-state index contributed by atoms with van der Waals surface area (Å²) in [7, 11) is -2.08. The molecule has 0 aromatic rings. The summed E-state index contributed by atoms with van der Waals surface area (Å²) in [6.07, 6.45) is -2.81. The van der Waals surface area contributed by atoms with Crippen LogP contribution in [-0.4, -0.2) is 49.9 Å². The van der Waals surface area contributed by atoms with Crippen LogP contribution in [0.1, 0.15) is 20.8 Å². The third-order valence-corrected chi connectivity index (χ3v) is 7.76. The van der Waals surface area contributed by atoms with Crippen molar-refractivity contribution in [3.05, 3.63) is 0 Å². The molecule has 0 unspecified atom stereocenters. The number of nitrogens with one attached hydrogen (secondary N) is 2. The zero-order chi connectivity index (χ0) is 15.3. The van der Waals surface area contributed by atoms with Gasteiger partial charge in [-0.25, -0.2) is 9.59 Å². The van der Waals surface area contributed by atoms with Gasteiger partial charge in [0, 0.05) is 13.1 Å². The van der Waals surface area contributed by atoms with Gasteiger partial charge < -0.3 is 25.3 Å². The zero-order valence-electron chi connectivity index (χ0n) is 12.1. The van der Waals surface area contributed by atoms with Crippen molar-refractivity contribution in [1.82, 2.24) is 10.6 Å². The van der Waals surface area contributed by atoms with Gasteiger partial charge in [0.15, 0.2) is 8.32 Å². The van der Waals surface area contributed by atoms with Crippen LogP contribution in [0.2, 0.25) is 18.1 Å². The molecule has 0 radical (unpaired) electrons. The third kappa shape index (κ3) is 7.02. The lowest BCUT2D eigenvalue weighted by atomic mass is 10.2. The van der Waals surface area contributed by atoms with Crippen LogP contribution >= 0.6 is 0 Å². The van der Waals surface area contributed by atoms with Gasteiger partial charge in [0.05, 0.1) is 6.10 Å². The molecular weight excluding hydrogens is 268 g/mol. The Kier molecular flexibility index (Phi) is 6.30. The summed E-state index contributed by atoms with van der Waals surface area (Å²) in [6, 6.07) is 0. The standard InChI is InChI=1S/C11H24N2O5Si/c1-11(2,3)19(4,5)18-8(6-12-9(14)15)7-13-10(16)17/h8,12-13H,6-7H2,1-5H3,(H,14,15)(H,16,17). The fourth-order valence-electron chi connectivity index (χ4n) is 1.15. The van der Waals surface area contributed by atoms with Crippen LogP contribution in [0.4, 0.5) is 9.59 Å². The minimum atomic E-state index is -2.08. The van der Waals surface area contributed by atoms with Gasteiger partial charge in [-0.05, 0) is 18.1 Å². The quantitative estimate of drug-likeness (QED) is 0.559. The van der Waals surface area contributed by atoms with Gasteiger partial charge >= 0.3 is 12.2 Å². The van der Waals surface area contributed by atoms with Crippen LogP contribution in [0.25, 0.3) is 0 Å². The van der Waals surface area contributed by atoms with Crippen molar-refractivity contribution in [2.24, 2.45) is 0 Å². The second-order valence-corrected chi connectivity index (χ2v) is 10.6. The number of carboxylic acid groups (broad SMARTS) is 2. The molecule has 0 spiro atoms. The van der Waals surface area contributed by atoms with Crippen LogP contribution in [-0.2, 0) is 4.43 Å². The Bertz CT molecular complexity index is 310. The van der Waals surface area contributed by atoms with Gasteiger partial charge in [-0.2, -0.15) is 0 Å². The molecule has 8 heteroatoms. The lowest BCUT2D eigenvalue weighted by Gasteiger charge is -2.39. The maximum atomic E-state index is 10.5. The highest BCUT2D eigenvalue weighted by atomic mass is 28.4. The highest BCUT2D eigenvalue weighted by Crippen LogP contribution is 2.37. The van der Waals surface area contributed by atoms with Crippen molar-refractivity contribution < 1.29 is 24.2 Å². The van der Waals surface area contributed by atoms with Crippen molar-refractivity contribution in [3.63, 3.8) is 0 Å². The summed E-state index contributed by atoms with van der Waals surface area (Å²) >= 11 is 0. The highest BCUT2D eigenvalue weighted by molar-refractivity contribution is 6.74. The van der Waals surface area contributed by atoms with Crippen molar-refractivity contribution >= 4 is 20.5 Å². The second-order valence-electron chi connectivity index (χ2n) is 5.87. The molecule has 4 N–H and O–H groups in total. The topological polar surface area (TPSA) is 108 Å². The van der Waals surface area contributed by atoms with Gasteiger partial charge in [-0.3, -0.25) is 0 Å². The molecule has 0 aliphatic carbocycles. The van der Waals surface area contributed by atoms with E-state index in [4.69, 9.17) is 14.6 Å². The number of carbonyl (C=O) groups is 2. The van der Waals surface area contributed by atoms with Gasteiger partial charge in [-0.1, -0.05) is 20.8 Å². The Hall–Kier alpha value is -1.28. The van der Waals surface area contributed by atoms with E-state index in [-0.39, 0.29) is 18.1 Å². The Morgan fingerprint density at radius 2 is 1.47 bits per heavy atom. The minimum absolute atomic E-state index is 0.0301. The molecule has 7 nitrogen and oxygen atoms in total. The highest BCUT2D eigenvalue weighted by Gasteiger charge is 2.39. The maximum absolute atomic E-state index is 10.5. The van der Waals surface area contributed by atoms with Crippen molar-refractivity contribution in [3.8, 4) is 0 Å². The van der Waals surface area contributed by atoms with E-state index in [9.17, 15) is 9.59 Å². The summed E-state index contributed by atoms with van der Waals surface area (Å²) in [5.74, 6) is 0. The van der Waals surface area contributed by atoms with Gasteiger partial charge in [0.2, 0.25) is 0 Å². The van der Waals surface area contributed by atoms with E-state index in [0.29, 0.717) is 0 Å². The van der Waals surface area contributed by atoms with E-state index >= 15 is 0 Å². The van der Waals surface area contributed by atoms with Crippen molar-refractivity contribution in [2.45, 2.75) is 45.0 Å². The number of rotatable bonds is 6. The molecule has 0 heterocycles. The molecule has 0 rings (SSSR count). The molecule has 0 aliphatic rings. The Balaban J connectivity index is 4.64. The van der Waals surface area contributed by atoms with E-state index in [1.165, 1.54) is 0 Å². The second kappa shape index (κ2) is 6.76. The molecule has 0 aromatic heterocycles. The molecule has 0 fully saturated rings. The monoisotopic (exact) mass is 292 g/mol. The lowest BCUT2D eigenvalue weighted by Crippen LogP contribution is -2.50.